The van der Waals surface area contributed by atoms with Gasteiger partial charge in [-0.05, 0) is 77.0 Å². The minimum Gasteiger partial charge on any atom is -1.00 e. The van der Waals surface area contributed by atoms with E-state index in [1.54, 1.807) is 45.9 Å². The Morgan fingerprint density at radius 3 is 1.81 bits per heavy atom. The van der Waals surface area contributed by atoms with Crippen molar-refractivity contribution in [2.24, 2.45) is 10.8 Å². The van der Waals surface area contributed by atoms with Gasteiger partial charge in [-0.25, -0.2) is 4.79 Å². The van der Waals surface area contributed by atoms with Crippen LogP contribution in [-0.2, 0) is 33.4 Å². The van der Waals surface area contributed by atoms with E-state index >= 15 is 0 Å². The first kappa shape index (κ1) is 56.1. The summed E-state index contributed by atoms with van der Waals surface area (Å²) in [6.07, 6.45) is 16.8. The van der Waals surface area contributed by atoms with Gasteiger partial charge in [0.05, 0.1) is 24.5 Å². The van der Waals surface area contributed by atoms with Crippen LogP contribution in [0.2, 0.25) is 0 Å². The van der Waals surface area contributed by atoms with Crippen LogP contribution in [-0.4, -0.2) is 94.9 Å². The number of allylic oxidation sites excluding steroid dienone is 14. The molecule has 0 bridgehead atoms. The molecule has 0 radical (unpaired) electrons. The number of carboxylic acids is 2. The number of esters is 2. The zero-order valence-electron chi connectivity index (χ0n) is 39.5. The van der Waals surface area contributed by atoms with Crippen LogP contribution in [0.4, 0.5) is 0 Å². The third kappa shape index (κ3) is 15.7. The monoisotopic (exact) mass is 874 g/mol. The van der Waals surface area contributed by atoms with Gasteiger partial charge in [0, 0.05) is 37.2 Å². The van der Waals surface area contributed by atoms with E-state index in [0.717, 1.165) is 16.7 Å². The Kier molecular flexibility index (Phi) is 20.5. The Morgan fingerprint density at radius 2 is 1.31 bits per heavy atom. The molecular formula is C48H67NaO13. The molecule has 0 saturated heterocycles. The number of ketones is 1. The van der Waals surface area contributed by atoms with Gasteiger partial charge in [0.1, 0.15) is 17.3 Å². The van der Waals surface area contributed by atoms with Crippen LogP contribution >= 0.6 is 0 Å². The summed E-state index contributed by atoms with van der Waals surface area (Å²) in [5.74, 6) is -5.45. The fraction of sp³-hybridized carbons (Fsp3) is 0.542. The van der Waals surface area contributed by atoms with Gasteiger partial charge < -0.3 is 41.5 Å². The van der Waals surface area contributed by atoms with Crippen LogP contribution in [0.3, 0.4) is 0 Å². The predicted octanol–water partition coefficient (Wildman–Crippen LogP) is 3.99. The average Bonchev–Trinajstić information content (AvgIpc) is 3.07. The molecule has 0 aliphatic heterocycles. The summed E-state index contributed by atoms with van der Waals surface area (Å²) >= 11 is 0. The smallest absolute Gasteiger partial charge is 1.00 e. The van der Waals surface area contributed by atoms with Crippen molar-refractivity contribution in [3.8, 4) is 0 Å². The van der Waals surface area contributed by atoms with Gasteiger partial charge in [-0.3, -0.25) is 19.2 Å². The Labute approximate surface area is 389 Å². The van der Waals surface area contributed by atoms with Crippen LogP contribution in [0, 0.1) is 10.8 Å². The summed E-state index contributed by atoms with van der Waals surface area (Å²) in [5.41, 5.74) is -2.39. The van der Waals surface area contributed by atoms with E-state index in [1.807, 2.05) is 83.2 Å². The summed E-state index contributed by atoms with van der Waals surface area (Å²) in [6.45, 7) is 18.9. The topological polar surface area (TPSA) is 225 Å². The molecule has 2 aliphatic rings. The van der Waals surface area contributed by atoms with E-state index in [1.165, 1.54) is 13.8 Å². The number of aliphatic carboxylic acids is 2. The normalized spacial score (nSPS) is 27.9. The van der Waals surface area contributed by atoms with Crippen molar-refractivity contribution in [3.63, 3.8) is 0 Å². The Morgan fingerprint density at radius 1 is 0.774 bits per heavy atom. The molecule has 2 saturated carbocycles. The largest absolute Gasteiger partial charge is 1.00 e. The molecule has 62 heavy (non-hydrogen) atoms. The maximum Gasteiger partial charge on any atom is 1.00 e. The van der Waals surface area contributed by atoms with E-state index in [0.29, 0.717) is 17.6 Å². The van der Waals surface area contributed by atoms with Crippen LogP contribution < -0.4 is 29.6 Å². The first-order valence-electron chi connectivity index (χ1n) is 20.3. The molecule has 6 unspecified atom stereocenters. The third-order valence-corrected chi connectivity index (χ3v) is 11.5. The fourth-order valence-corrected chi connectivity index (χ4v) is 8.28. The van der Waals surface area contributed by atoms with Gasteiger partial charge in [0.2, 0.25) is 0 Å². The summed E-state index contributed by atoms with van der Waals surface area (Å²) in [7, 11) is 0. The van der Waals surface area contributed by atoms with Crippen LogP contribution in [0.25, 0.3) is 0 Å². The van der Waals surface area contributed by atoms with Gasteiger partial charge in [-0.2, -0.15) is 0 Å². The van der Waals surface area contributed by atoms with Crippen molar-refractivity contribution in [1.82, 2.24) is 0 Å². The van der Waals surface area contributed by atoms with Crippen molar-refractivity contribution in [2.75, 3.05) is 0 Å². The summed E-state index contributed by atoms with van der Waals surface area (Å²) in [6, 6.07) is 0. The molecule has 2 aliphatic carbocycles. The zero-order valence-corrected chi connectivity index (χ0v) is 40.5. The number of hydrogen-bond acceptors (Lipinski definition) is 11. The van der Waals surface area contributed by atoms with Crippen molar-refractivity contribution in [2.45, 2.75) is 156 Å². The van der Waals surface area contributed by atoms with Gasteiger partial charge in [-0.15, -0.1) is 5.73 Å². The SMILES string of the molecule is CC(=O)OC1CC(C)(C)C(=C=C/C(C)=C/C=C/C(C)=C/C=C/C=C(C)/C=C/C=C(\C)C(=O)CC2(O)C(C)(C)CC(O)CC2(C)O)C(C)(OC(=O)CC(O)(CC(=O)O)C(=O)O)C1.[H-].[Na+]. The molecule has 14 heteroatoms. The summed E-state index contributed by atoms with van der Waals surface area (Å²) < 4.78 is 11.3. The number of carbonyl (C=O) groups is 5. The molecule has 0 aromatic heterocycles. The van der Waals surface area contributed by atoms with E-state index in [9.17, 15) is 49.5 Å². The van der Waals surface area contributed by atoms with E-state index in [4.69, 9.17) is 14.6 Å². The minimum atomic E-state index is -2.89. The second kappa shape index (κ2) is 22.6. The molecule has 6 atom stereocenters. The number of carboxylic acid groups (broad SMARTS) is 2. The number of Topliss-reactive ketones (excluding diaryl/α,β-unsaturated/α-hetero) is 1. The first-order valence-corrected chi connectivity index (χ1v) is 20.3. The predicted molar refractivity (Wildman–Crippen MR) is 232 cm³/mol. The first-order chi connectivity index (χ1) is 27.9. The number of aliphatic hydroxyl groups excluding tert-OH is 1. The zero-order chi connectivity index (χ0) is 46.8. The molecule has 13 nitrogen and oxygen atoms in total. The summed E-state index contributed by atoms with van der Waals surface area (Å²) in [4.78, 5) is 61.0. The second-order valence-electron chi connectivity index (χ2n) is 18.3. The average molecular weight is 875 g/mol. The summed E-state index contributed by atoms with van der Waals surface area (Å²) in [5, 5.41) is 61.7. The fourth-order valence-electron chi connectivity index (χ4n) is 8.28. The number of ether oxygens (including phenoxy) is 2. The molecule has 0 amide bonds. The molecule has 2 rings (SSSR count). The third-order valence-electron chi connectivity index (χ3n) is 11.5. The van der Waals surface area contributed by atoms with Gasteiger partial charge in [-0.1, -0.05) is 99.6 Å². The standard InChI is InChI=1S/C48H66O13.Na.H/c1-31(16-12-13-17-32(2)20-15-21-34(4)38(51)28-48(59)44(8,9)24-36(50)25-46(48,11)57)18-14-19-33(3)22-23-39-43(6,7)26-37(60-35(5)49)27-45(39,10)61-41(54)30-47(58,42(55)56)29-40(52)53;;/h12-22,36-37,50,57-59H,24-30H2,1-11H3,(H,52,53)(H,55,56);;/q;+1;-1/b13-12+,18-14+,20-15+,31-16+,32-17+,33-19+,34-21+;;. The Hall–Kier alpha value is -3.91. The van der Waals surface area contributed by atoms with E-state index < -0.39 is 82.2 Å². The number of carbonyl (C=O) groups excluding carboxylic acids is 3. The van der Waals surface area contributed by atoms with E-state index in [-0.39, 0.29) is 62.5 Å². The quantitative estimate of drug-likeness (QED) is 0.0400. The molecule has 338 valence electrons. The maximum atomic E-state index is 13.1. The van der Waals surface area contributed by atoms with Crippen LogP contribution in [0.5, 0.6) is 0 Å². The Bertz CT molecular complexity index is 1970. The van der Waals surface area contributed by atoms with E-state index in [2.05, 4.69) is 5.73 Å². The number of rotatable bonds is 17. The molecule has 0 spiro atoms. The van der Waals surface area contributed by atoms with Crippen molar-refractivity contribution in [3.05, 3.63) is 100 Å². The van der Waals surface area contributed by atoms with Crippen molar-refractivity contribution < 1.29 is 95.1 Å². The molecule has 0 heterocycles. The van der Waals surface area contributed by atoms with Gasteiger partial charge >= 0.3 is 53.4 Å². The Balaban J connectivity index is 0.0000192. The maximum absolute atomic E-state index is 13.1. The van der Waals surface area contributed by atoms with Crippen LogP contribution in [0.15, 0.2) is 100 Å². The molecule has 6 N–H and O–H groups in total. The van der Waals surface area contributed by atoms with Gasteiger partial charge in [0.25, 0.3) is 0 Å². The molecule has 2 fully saturated rings. The molecule has 0 aromatic rings. The van der Waals surface area contributed by atoms with Crippen molar-refractivity contribution >= 4 is 29.7 Å². The van der Waals surface area contributed by atoms with Gasteiger partial charge in [0.15, 0.2) is 11.4 Å². The van der Waals surface area contributed by atoms with Crippen molar-refractivity contribution in [1.29, 1.82) is 0 Å². The van der Waals surface area contributed by atoms with Crippen LogP contribution in [0.1, 0.15) is 123 Å². The molecule has 0 aromatic carbocycles. The molecular weight excluding hydrogens is 808 g/mol. The number of hydrogen-bond donors (Lipinski definition) is 6. The second-order valence-corrected chi connectivity index (χ2v) is 18.3. The number of aliphatic hydroxyl groups is 4. The minimum absolute atomic E-state index is 0.